The Morgan fingerprint density at radius 1 is 1.38 bits per heavy atom. The summed E-state index contributed by atoms with van der Waals surface area (Å²) in [6.45, 7) is 0. The molecule has 0 amide bonds. The summed E-state index contributed by atoms with van der Waals surface area (Å²) in [5.41, 5.74) is 2.64. The second-order valence-electron chi connectivity index (χ2n) is 6.66. The topological polar surface area (TPSA) is 107 Å². The number of aldehydes is 1. The van der Waals surface area contributed by atoms with Gasteiger partial charge in [-0.05, 0) is 30.5 Å². The summed E-state index contributed by atoms with van der Waals surface area (Å²) in [6.07, 6.45) is 5.43. The Kier molecular flexibility index (Phi) is 3.33. The van der Waals surface area contributed by atoms with Gasteiger partial charge in [0.25, 0.3) is 0 Å². The lowest BCUT2D eigenvalue weighted by molar-refractivity contribution is 0.112. The Morgan fingerprint density at radius 3 is 3.04 bits per heavy atom. The van der Waals surface area contributed by atoms with Gasteiger partial charge >= 0.3 is 0 Å². The van der Waals surface area contributed by atoms with E-state index in [1.807, 2.05) is 0 Å². The van der Waals surface area contributed by atoms with Crippen molar-refractivity contribution in [3.8, 4) is 0 Å². The normalized spacial score (nSPS) is 20.4. The van der Waals surface area contributed by atoms with E-state index in [9.17, 15) is 4.79 Å². The number of carbonyl (C=O) groups is 1. The van der Waals surface area contributed by atoms with Crippen molar-refractivity contribution >= 4 is 40.0 Å². The van der Waals surface area contributed by atoms with Gasteiger partial charge in [0.15, 0.2) is 17.8 Å². The number of hydrogen-bond donors (Lipinski definition) is 1. The minimum Gasteiger partial charge on any atom is -0.350 e. The van der Waals surface area contributed by atoms with Crippen LogP contribution in [0.25, 0.3) is 22.1 Å². The maximum atomic E-state index is 11.1. The first-order chi connectivity index (χ1) is 12.6. The molecule has 10 heteroatoms. The molecule has 4 aromatic rings. The van der Waals surface area contributed by atoms with Crippen LogP contribution in [0.5, 0.6) is 0 Å². The number of carbonyl (C=O) groups excluding carboxylic acids is 1. The molecule has 1 aliphatic rings. The molecule has 0 spiro atoms. The number of aryl methyl sites for hydroxylation is 1. The monoisotopic (exact) mass is 370 g/mol. The molecule has 0 aromatic carbocycles. The van der Waals surface area contributed by atoms with Crippen molar-refractivity contribution in [1.29, 1.82) is 0 Å². The fraction of sp³-hybridized carbons (Fsp3) is 0.375. The SMILES string of the molecule is Cn1nnc([C@@H]2CC[C@H](n3cnc4c5[nH]c(C=O)cc5c(Cl)nc43)C2)n1. The van der Waals surface area contributed by atoms with Crippen LogP contribution >= 0.6 is 11.6 Å². The molecule has 0 saturated heterocycles. The van der Waals surface area contributed by atoms with Crippen LogP contribution in [0.4, 0.5) is 0 Å². The standard InChI is InChI=1S/C16H15ClN8O/c1-24-22-15(21-23-24)8-2-3-10(4-8)25-7-18-13-12-11(5-9(6-26)19-12)14(17)20-16(13)25/h5-8,10,19H,2-4H2,1H3/t8-,10+/m1/s1. The zero-order chi connectivity index (χ0) is 17.8. The van der Waals surface area contributed by atoms with Gasteiger partial charge in [-0.1, -0.05) is 11.6 Å². The summed E-state index contributed by atoms with van der Waals surface area (Å²) in [6, 6.07) is 1.94. The van der Waals surface area contributed by atoms with Crippen LogP contribution in [-0.2, 0) is 7.05 Å². The van der Waals surface area contributed by atoms with Crippen molar-refractivity contribution < 1.29 is 4.79 Å². The van der Waals surface area contributed by atoms with E-state index in [1.54, 1.807) is 19.4 Å². The van der Waals surface area contributed by atoms with E-state index in [1.165, 1.54) is 4.80 Å². The van der Waals surface area contributed by atoms with Gasteiger partial charge < -0.3 is 9.55 Å². The molecule has 1 saturated carbocycles. The average molecular weight is 371 g/mol. The number of pyridine rings is 1. The molecular weight excluding hydrogens is 356 g/mol. The van der Waals surface area contributed by atoms with E-state index in [0.717, 1.165) is 48.1 Å². The Bertz CT molecular complexity index is 1140. The van der Waals surface area contributed by atoms with Gasteiger partial charge in [-0.2, -0.15) is 4.80 Å². The van der Waals surface area contributed by atoms with Gasteiger partial charge in [0.1, 0.15) is 10.7 Å². The molecule has 0 bridgehead atoms. The fourth-order valence-electron chi connectivity index (χ4n) is 3.86. The summed E-state index contributed by atoms with van der Waals surface area (Å²) in [5.74, 6) is 1.06. The molecule has 0 unspecified atom stereocenters. The second kappa shape index (κ2) is 5.60. The summed E-state index contributed by atoms with van der Waals surface area (Å²) in [4.78, 5) is 24.7. The van der Waals surface area contributed by atoms with Gasteiger partial charge in [-0.15, -0.1) is 10.2 Å². The maximum absolute atomic E-state index is 11.1. The number of aromatic amines is 1. The van der Waals surface area contributed by atoms with Crippen molar-refractivity contribution in [2.45, 2.75) is 31.2 Å². The number of tetrazole rings is 1. The highest BCUT2D eigenvalue weighted by Crippen LogP contribution is 2.41. The summed E-state index contributed by atoms with van der Waals surface area (Å²) in [7, 11) is 1.77. The Labute approximate surface area is 152 Å². The molecule has 26 heavy (non-hydrogen) atoms. The van der Waals surface area contributed by atoms with Gasteiger partial charge in [-0.3, -0.25) is 4.79 Å². The molecular formula is C16H15ClN8O. The number of H-pyrrole nitrogens is 1. The van der Waals surface area contributed by atoms with Gasteiger partial charge in [0.2, 0.25) is 0 Å². The molecule has 2 atom stereocenters. The number of nitrogens with one attached hydrogen (secondary N) is 1. The van der Waals surface area contributed by atoms with E-state index in [0.29, 0.717) is 16.2 Å². The number of rotatable bonds is 3. The molecule has 132 valence electrons. The van der Waals surface area contributed by atoms with Crippen LogP contribution in [-0.4, -0.2) is 46.0 Å². The largest absolute Gasteiger partial charge is 0.350 e. The maximum Gasteiger partial charge on any atom is 0.177 e. The molecule has 4 heterocycles. The van der Waals surface area contributed by atoms with E-state index >= 15 is 0 Å². The van der Waals surface area contributed by atoms with Crippen molar-refractivity contribution in [3.05, 3.63) is 29.1 Å². The van der Waals surface area contributed by atoms with Crippen LogP contribution in [0.3, 0.4) is 0 Å². The van der Waals surface area contributed by atoms with Gasteiger partial charge in [0, 0.05) is 17.3 Å². The number of hydrogen-bond acceptors (Lipinski definition) is 6. The van der Waals surface area contributed by atoms with Crippen LogP contribution in [0.2, 0.25) is 5.15 Å². The Balaban J connectivity index is 1.55. The van der Waals surface area contributed by atoms with E-state index in [4.69, 9.17) is 11.6 Å². The number of imidazole rings is 1. The molecule has 4 aromatic heterocycles. The quantitative estimate of drug-likeness (QED) is 0.438. The van der Waals surface area contributed by atoms with Gasteiger partial charge in [-0.25, -0.2) is 9.97 Å². The van der Waals surface area contributed by atoms with E-state index < -0.39 is 0 Å². The number of nitrogens with zero attached hydrogens (tertiary/aromatic N) is 7. The lowest BCUT2D eigenvalue weighted by Gasteiger charge is -2.12. The average Bonchev–Trinajstić information content (AvgIpc) is 3.39. The van der Waals surface area contributed by atoms with Crippen molar-refractivity contribution in [1.82, 2.24) is 39.7 Å². The molecule has 0 aliphatic heterocycles. The van der Waals surface area contributed by atoms with Gasteiger partial charge in [0.05, 0.1) is 24.6 Å². The Hall–Kier alpha value is -2.81. The van der Waals surface area contributed by atoms with Crippen LogP contribution in [0.15, 0.2) is 12.4 Å². The van der Waals surface area contributed by atoms with E-state index in [-0.39, 0.29) is 12.0 Å². The molecule has 0 radical (unpaired) electrons. The molecule has 1 fully saturated rings. The minimum atomic E-state index is 0.246. The smallest absolute Gasteiger partial charge is 0.177 e. The zero-order valence-electron chi connectivity index (χ0n) is 13.9. The van der Waals surface area contributed by atoms with Crippen molar-refractivity contribution in [3.63, 3.8) is 0 Å². The summed E-state index contributed by atoms with van der Waals surface area (Å²) >= 11 is 6.35. The molecule has 1 N–H and O–H groups in total. The fourth-order valence-corrected chi connectivity index (χ4v) is 4.09. The third-order valence-corrected chi connectivity index (χ3v) is 5.37. The van der Waals surface area contributed by atoms with E-state index in [2.05, 4.69) is 34.9 Å². The lowest BCUT2D eigenvalue weighted by atomic mass is 10.1. The molecule has 9 nitrogen and oxygen atoms in total. The lowest BCUT2D eigenvalue weighted by Crippen LogP contribution is -2.06. The second-order valence-corrected chi connectivity index (χ2v) is 7.02. The Morgan fingerprint density at radius 2 is 2.27 bits per heavy atom. The third kappa shape index (κ3) is 2.23. The summed E-state index contributed by atoms with van der Waals surface area (Å²) < 4.78 is 2.07. The van der Waals surface area contributed by atoms with Crippen molar-refractivity contribution in [2.24, 2.45) is 7.05 Å². The first-order valence-electron chi connectivity index (χ1n) is 8.38. The van der Waals surface area contributed by atoms with Crippen molar-refractivity contribution in [2.75, 3.05) is 0 Å². The molecule has 1 aliphatic carbocycles. The summed E-state index contributed by atoms with van der Waals surface area (Å²) in [5, 5.41) is 13.5. The third-order valence-electron chi connectivity index (χ3n) is 5.08. The number of halogens is 1. The zero-order valence-corrected chi connectivity index (χ0v) is 14.7. The highest BCUT2D eigenvalue weighted by Gasteiger charge is 2.31. The first-order valence-corrected chi connectivity index (χ1v) is 8.75. The highest BCUT2D eigenvalue weighted by atomic mass is 35.5. The van der Waals surface area contributed by atoms with Crippen LogP contribution in [0.1, 0.15) is 47.5 Å². The minimum absolute atomic E-state index is 0.246. The highest BCUT2D eigenvalue weighted by molar-refractivity contribution is 6.35. The predicted molar refractivity (Wildman–Crippen MR) is 94.2 cm³/mol. The van der Waals surface area contributed by atoms with Crippen LogP contribution in [0, 0.1) is 0 Å². The first kappa shape index (κ1) is 15.4. The number of fused-ring (bicyclic) bond motifs is 3. The predicted octanol–water partition coefficient (Wildman–Crippen LogP) is 2.41. The molecule has 5 rings (SSSR count). The van der Waals surface area contributed by atoms with Crippen LogP contribution < -0.4 is 0 Å². The number of aromatic nitrogens is 8.